The van der Waals surface area contributed by atoms with Crippen molar-refractivity contribution in [2.75, 3.05) is 11.1 Å². The van der Waals surface area contributed by atoms with Gasteiger partial charge in [0.2, 0.25) is 5.91 Å². The van der Waals surface area contributed by atoms with Crippen LogP contribution in [0.15, 0.2) is 29.4 Å². The third-order valence-corrected chi connectivity index (χ3v) is 5.12. The lowest BCUT2D eigenvalue weighted by atomic mass is 10.1. The lowest BCUT2D eigenvalue weighted by molar-refractivity contribution is -0.115. The summed E-state index contributed by atoms with van der Waals surface area (Å²) in [4.78, 5) is 23.8. The molecule has 0 radical (unpaired) electrons. The number of aromatic nitrogens is 3. The first-order valence-electron chi connectivity index (χ1n) is 8.61. The first kappa shape index (κ1) is 17.7. The van der Waals surface area contributed by atoms with E-state index in [1.54, 1.807) is 31.2 Å². The fourth-order valence-corrected chi connectivity index (χ4v) is 3.45. The zero-order valence-electron chi connectivity index (χ0n) is 14.5. The highest BCUT2D eigenvalue weighted by Crippen LogP contribution is 2.40. The number of hydrogen-bond acceptors (Lipinski definition) is 5. The van der Waals surface area contributed by atoms with Crippen molar-refractivity contribution < 1.29 is 9.59 Å². The van der Waals surface area contributed by atoms with Crippen LogP contribution in [0.25, 0.3) is 0 Å². The lowest BCUT2D eigenvalue weighted by Crippen LogP contribution is -2.10. The summed E-state index contributed by atoms with van der Waals surface area (Å²) in [6.45, 7) is 4.69. The first-order chi connectivity index (χ1) is 12.1. The van der Waals surface area contributed by atoms with Crippen molar-refractivity contribution in [3.8, 4) is 0 Å². The monoisotopic (exact) mass is 358 g/mol. The number of ketones is 1. The molecule has 1 heterocycles. The van der Waals surface area contributed by atoms with Crippen LogP contribution in [0, 0.1) is 0 Å². The van der Waals surface area contributed by atoms with Crippen LogP contribution < -0.4 is 5.32 Å². The molecule has 0 spiro atoms. The van der Waals surface area contributed by atoms with Crippen molar-refractivity contribution in [2.45, 2.75) is 50.7 Å². The Hall–Kier alpha value is -2.15. The Morgan fingerprint density at radius 3 is 2.52 bits per heavy atom. The van der Waals surface area contributed by atoms with Gasteiger partial charge in [-0.25, -0.2) is 0 Å². The Labute approximate surface area is 151 Å². The molecule has 1 aliphatic carbocycles. The number of carbonyl (C=O) groups is 2. The summed E-state index contributed by atoms with van der Waals surface area (Å²) >= 11 is 1.43. The van der Waals surface area contributed by atoms with E-state index in [1.165, 1.54) is 24.6 Å². The number of thioether (sulfide) groups is 1. The highest BCUT2D eigenvalue weighted by atomic mass is 32.2. The van der Waals surface area contributed by atoms with Gasteiger partial charge in [0.25, 0.3) is 0 Å². The molecule has 132 valence electrons. The molecule has 6 nitrogen and oxygen atoms in total. The molecule has 0 saturated heterocycles. The Morgan fingerprint density at radius 1 is 1.20 bits per heavy atom. The average Bonchev–Trinajstić information content (AvgIpc) is 3.40. The SMILES string of the molecule is CCC(=O)Nc1ccc(C(=O)CSc2nnc(C3CC3)n2CC)cc1. The molecular formula is C18H22N4O2S. The molecule has 25 heavy (non-hydrogen) atoms. The van der Waals surface area contributed by atoms with E-state index in [-0.39, 0.29) is 11.7 Å². The van der Waals surface area contributed by atoms with Crippen LogP contribution in [0.2, 0.25) is 0 Å². The molecular weight excluding hydrogens is 336 g/mol. The van der Waals surface area contributed by atoms with E-state index in [4.69, 9.17) is 0 Å². The van der Waals surface area contributed by atoms with E-state index in [1.807, 2.05) is 0 Å². The van der Waals surface area contributed by atoms with Gasteiger partial charge in [-0.05, 0) is 44.0 Å². The smallest absolute Gasteiger partial charge is 0.224 e. The minimum absolute atomic E-state index is 0.0389. The Bertz CT molecular complexity index is 766. The molecule has 0 bridgehead atoms. The van der Waals surface area contributed by atoms with Crippen molar-refractivity contribution >= 4 is 29.1 Å². The minimum atomic E-state index is -0.0417. The second-order valence-electron chi connectivity index (χ2n) is 6.05. The summed E-state index contributed by atoms with van der Waals surface area (Å²) in [6.07, 6.45) is 2.80. The fourth-order valence-electron chi connectivity index (χ4n) is 2.55. The van der Waals surface area contributed by atoms with Gasteiger partial charge in [-0.1, -0.05) is 18.7 Å². The summed E-state index contributed by atoms with van der Waals surface area (Å²) in [7, 11) is 0. The van der Waals surface area contributed by atoms with Crippen LogP contribution in [0.4, 0.5) is 5.69 Å². The van der Waals surface area contributed by atoms with Crippen LogP contribution in [0.1, 0.15) is 55.2 Å². The normalized spacial score (nSPS) is 13.7. The number of Topliss-reactive ketones (excluding diaryl/α,β-unsaturated/α-hetero) is 1. The predicted octanol–water partition coefficient (Wildman–Crippen LogP) is 3.50. The van der Waals surface area contributed by atoms with Crippen LogP contribution in [0.3, 0.4) is 0 Å². The average molecular weight is 358 g/mol. The Kier molecular flexibility index (Phi) is 5.53. The number of benzene rings is 1. The third kappa shape index (κ3) is 4.28. The quantitative estimate of drug-likeness (QED) is 0.577. The fraction of sp³-hybridized carbons (Fsp3) is 0.444. The van der Waals surface area contributed by atoms with Gasteiger partial charge in [-0.2, -0.15) is 0 Å². The first-order valence-corrected chi connectivity index (χ1v) is 9.60. The molecule has 1 aromatic carbocycles. The topological polar surface area (TPSA) is 76.9 Å². The molecule has 1 N–H and O–H groups in total. The third-order valence-electron chi connectivity index (χ3n) is 4.15. The number of nitrogens with zero attached hydrogens (tertiary/aromatic N) is 3. The maximum atomic E-state index is 12.4. The van der Waals surface area contributed by atoms with Gasteiger partial charge in [0.1, 0.15) is 5.82 Å². The standard InChI is InChI=1S/C18H22N4O2S/c1-3-16(24)19-14-9-7-12(8-10-14)15(23)11-25-18-21-20-17(13-5-6-13)22(18)4-2/h7-10,13H,3-6,11H2,1-2H3,(H,19,24). The van der Waals surface area contributed by atoms with Crippen molar-refractivity contribution in [3.05, 3.63) is 35.7 Å². The summed E-state index contributed by atoms with van der Waals surface area (Å²) in [6, 6.07) is 7.00. The second kappa shape index (κ2) is 7.82. The summed E-state index contributed by atoms with van der Waals surface area (Å²) in [5.74, 6) is 1.91. The van der Waals surface area contributed by atoms with Crippen molar-refractivity contribution in [1.82, 2.24) is 14.8 Å². The van der Waals surface area contributed by atoms with Crippen molar-refractivity contribution in [1.29, 1.82) is 0 Å². The number of rotatable bonds is 8. The van der Waals surface area contributed by atoms with E-state index in [2.05, 4.69) is 27.0 Å². The predicted molar refractivity (Wildman–Crippen MR) is 98.1 cm³/mol. The molecule has 1 saturated carbocycles. The molecule has 0 aliphatic heterocycles. The number of anilines is 1. The summed E-state index contributed by atoms with van der Waals surface area (Å²) in [5, 5.41) is 12.1. The number of amides is 1. The van der Waals surface area contributed by atoms with Gasteiger partial charge in [0, 0.05) is 30.1 Å². The maximum Gasteiger partial charge on any atom is 0.224 e. The molecule has 1 aliphatic rings. The number of nitrogens with one attached hydrogen (secondary N) is 1. The van der Waals surface area contributed by atoms with Gasteiger partial charge >= 0.3 is 0 Å². The van der Waals surface area contributed by atoms with Crippen molar-refractivity contribution in [2.24, 2.45) is 0 Å². The summed E-state index contributed by atoms with van der Waals surface area (Å²) in [5.41, 5.74) is 1.34. The van der Waals surface area contributed by atoms with E-state index in [0.29, 0.717) is 29.3 Å². The molecule has 0 unspecified atom stereocenters. The van der Waals surface area contributed by atoms with Crippen LogP contribution in [0.5, 0.6) is 0 Å². The second-order valence-corrected chi connectivity index (χ2v) is 6.99. The van der Waals surface area contributed by atoms with Gasteiger partial charge in [-0.3, -0.25) is 9.59 Å². The molecule has 1 fully saturated rings. The van der Waals surface area contributed by atoms with Gasteiger partial charge in [0.15, 0.2) is 10.9 Å². The number of hydrogen-bond donors (Lipinski definition) is 1. The molecule has 3 rings (SSSR count). The maximum absolute atomic E-state index is 12.4. The van der Waals surface area contributed by atoms with Gasteiger partial charge in [-0.15, -0.1) is 10.2 Å². The van der Waals surface area contributed by atoms with Crippen molar-refractivity contribution in [3.63, 3.8) is 0 Å². The zero-order chi connectivity index (χ0) is 17.8. The Balaban J connectivity index is 1.60. The lowest BCUT2D eigenvalue weighted by Gasteiger charge is -2.07. The van der Waals surface area contributed by atoms with E-state index >= 15 is 0 Å². The van der Waals surface area contributed by atoms with E-state index in [0.717, 1.165) is 17.5 Å². The summed E-state index contributed by atoms with van der Waals surface area (Å²) < 4.78 is 2.11. The molecule has 1 amide bonds. The van der Waals surface area contributed by atoms with E-state index in [9.17, 15) is 9.59 Å². The zero-order valence-corrected chi connectivity index (χ0v) is 15.3. The number of carbonyl (C=O) groups excluding carboxylic acids is 2. The van der Waals surface area contributed by atoms with Gasteiger partial charge in [0.05, 0.1) is 5.75 Å². The van der Waals surface area contributed by atoms with Crippen LogP contribution in [-0.4, -0.2) is 32.2 Å². The molecule has 2 aromatic rings. The molecule has 0 atom stereocenters. The molecule has 1 aromatic heterocycles. The molecule has 7 heteroatoms. The largest absolute Gasteiger partial charge is 0.326 e. The van der Waals surface area contributed by atoms with Gasteiger partial charge < -0.3 is 9.88 Å². The Morgan fingerprint density at radius 2 is 1.92 bits per heavy atom. The van der Waals surface area contributed by atoms with E-state index < -0.39 is 0 Å². The highest BCUT2D eigenvalue weighted by molar-refractivity contribution is 7.99. The highest BCUT2D eigenvalue weighted by Gasteiger charge is 2.30. The minimum Gasteiger partial charge on any atom is -0.326 e. The van der Waals surface area contributed by atoms with Crippen LogP contribution in [-0.2, 0) is 11.3 Å². The van der Waals surface area contributed by atoms with Crippen LogP contribution >= 0.6 is 11.8 Å².